The van der Waals surface area contributed by atoms with Crippen molar-refractivity contribution in [3.8, 4) is 0 Å². The smallest absolute Gasteiger partial charge is 0.228 e. The van der Waals surface area contributed by atoms with E-state index < -0.39 is 0 Å². The van der Waals surface area contributed by atoms with E-state index in [1.807, 2.05) is 43.0 Å². The van der Waals surface area contributed by atoms with Gasteiger partial charge in [-0.15, -0.1) is 0 Å². The fourth-order valence-electron chi connectivity index (χ4n) is 4.75. The summed E-state index contributed by atoms with van der Waals surface area (Å²) in [6, 6.07) is 7.97. The van der Waals surface area contributed by atoms with Gasteiger partial charge in [-0.3, -0.25) is 4.79 Å². The van der Waals surface area contributed by atoms with Crippen LogP contribution in [-0.4, -0.2) is 32.3 Å². The van der Waals surface area contributed by atoms with Crippen LogP contribution in [0.1, 0.15) is 74.5 Å². The fourth-order valence-corrected chi connectivity index (χ4v) is 4.75. The highest BCUT2D eigenvalue weighted by molar-refractivity contribution is 5.77. The Labute approximate surface area is 173 Å². The van der Waals surface area contributed by atoms with Crippen molar-refractivity contribution in [1.29, 1.82) is 0 Å². The lowest BCUT2D eigenvalue weighted by atomic mass is 10.0. The Bertz CT molecular complexity index is 842. The minimum atomic E-state index is 0.0768. The van der Waals surface area contributed by atoms with Crippen molar-refractivity contribution in [3.63, 3.8) is 0 Å². The average Bonchev–Trinajstić information content (AvgIpc) is 3.37. The van der Waals surface area contributed by atoms with Crippen LogP contribution >= 0.6 is 0 Å². The third kappa shape index (κ3) is 4.92. The van der Waals surface area contributed by atoms with Crippen LogP contribution in [0.3, 0.4) is 0 Å². The van der Waals surface area contributed by atoms with Crippen LogP contribution in [0.5, 0.6) is 0 Å². The van der Waals surface area contributed by atoms with Gasteiger partial charge in [-0.1, -0.05) is 31.7 Å². The molecule has 2 aromatic rings. The first-order valence-corrected chi connectivity index (χ1v) is 10.9. The molecule has 1 aliphatic heterocycles. The molecule has 0 unspecified atom stereocenters. The first kappa shape index (κ1) is 19.8. The van der Waals surface area contributed by atoms with Crippen molar-refractivity contribution in [3.05, 3.63) is 41.3 Å². The van der Waals surface area contributed by atoms with Crippen molar-refractivity contribution in [2.45, 2.75) is 71.3 Å². The minimum absolute atomic E-state index is 0.0768. The molecule has 0 spiro atoms. The fraction of sp³-hybridized carbons (Fsp3) is 0.565. The number of nitrogens with zero attached hydrogens (tertiary/aromatic N) is 4. The number of amides is 1. The number of likely N-dealkylation sites (tertiary alicyclic amines) is 1. The first-order valence-electron chi connectivity index (χ1n) is 10.9. The molecule has 1 saturated carbocycles. The highest BCUT2D eigenvalue weighted by atomic mass is 16.2. The number of rotatable bonds is 6. The predicted octanol–water partition coefficient (Wildman–Crippen LogP) is 4.87. The summed E-state index contributed by atoms with van der Waals surface area (Å²) in [6.45, 7) is 4.75. The molecular formula is C23H31N5O. The largest absolute Gasteiger partial charge is 0.334 e. The molecule has 6 nitrogen and oxygen atoms in total. The van der Waals surface area contributed by atoms with Crippen LogP contribution in [0.4, 0.5) is 11.8 Å². The predicted molar refractivity (Wildman–Crippen MR) is 114 cm³/mol. The van der Waals surface area contributed by atoms with Crippen LogP contribution in [-0.2, 0) is 4.79 Å². The van der Waals surface area contributed by atoms with Gasteiger partial charge in [0.2, 0.25) is 11.9 Å². The van der Waals surface area contributed by atoms with Gasteiger partial charge in [-0.2, -0.15) is 0 Å². The summed E-state index contributed by atoms with van der Waals surface area (Å²) in [5, 5.41) is 3.22. The number of hydrogen-bond donors (Lipinski definition) is 1. The van der Waals surface area contributed by atoms with E-state index >= 15 is 0 Å². The summed E-state index contributed by atoms with van der Waals surface area (Å²) < 4.78 is 0. The number of aromatic nitrogens is 3. The summed E-state index contributed by atoms with van der Waals surface area (Å²) in [6.07, 6.45) is 9.00. The number of aryl methyl sites for hydroxylation is 2. The lowest BCUT2D eigenvalue weighted by molar-refractivity contribution is -0.132. The van der Waals surface area contributed by atoms with E-state index in [4.69, 9.17) is 4.98 Å². The van der Waals surface area contributed by atoms with Crippen LogP contribution < -0.4 is 5.32 Å². The molecule has 154 valence electrons. The van der Waals surface area contributed by atoms with E-state index in [0.29, 0.717) is 12.4 Å². The quantitative estimate of drug-likeness (QED) is 0.758. The van der Waals surface area contributed by atoms with Crippen molar-refractivity contribution in [1.82, 2.24) is 19.9 Å². The van der Waals surface area contributed by atoms with Gasteiger partial charge in [0.15, 0.2) is 0 Å². The van der Waals surface area contributed by atoms with Crippen molar-refractivity contribution in [2.24, 2.45) is 5.92 Å². The van der Waals surface area contributed by atoms with Gasteiger partial charge in [0.05, 0.1) is 11.7 Å². The third-order valence-electron chi connectivity index (χ3n) is 6.15. The van der Waals surface area contributed by atoms with Crippen LogP contribution in [0.2, 0.25) is 0 Å². The molecule has 0 bridgehead atoms. The number of pyridine rings is 1. The van der Waals surface area contributed by atoms with Gasteiger partial charge < -0.3 is 10.2 Å². The molecule has 6 heteroatoms. The van der Waals surface area contributed by atoms with E-state index in [-0.39, 0.29) is 11.9 Å². The second kappa shape index (κ2) is 8.89. The summed E-state index contributed by atoms with van der Waals surface area (Å²) >= 11 is 0. The summed E-state index contributed by atoms with van der Waals surface area (Å²) in [7, 11) is 0. The molecule has 1 saturated heterocycles. The lowest BCUT2D eigenvalue weighted by Crippen LogP contribution is -2.31. The van der Waals surface area contributed by atoms with Gasteiger partial charge in [-0.25, -0.2) is 15.0 Å². The van der Waals surface area contributed by atoms with E-state index in [1.165, 1.54) is 25.7 Å². The SMILES string of the molecule is Cc1cc(C)nc(Nc2cccc([C@@H]3CCCN3C(=O)CCC3CCCC3)n2)n1. The molecule has 1 aliphatic carbocycles. The van der Waals surface area contributed by atoms with Crippen LogP contribution in [0.25, 0.3) is 0 Å². The molecular weight excluding hydrogens is 362 g/mol. The molecule has 2 aromatic heterocycles. The summed E-state index contributed by atoms with van der Waals surface area (Å²) in [5.74, 6) is 2.32. The zero-order chi connectivity index (χ0) is 20.2. The van der Waals surface area contributed by atoms with E-state index in [0.717, 1.165) is 54.6 Å². The van der Waals surface area contributed by atoms with Gasteiger partial charge in [0.25, 0.3) is 0 Å². The summed E-state index contributed by atoms with van der Waals surface area (Å²) in [4.78, 5) is 28.6. The molecule has 1 N–H and O–H groups in total. The van der Waals surface area contributed by atoms with E-state index in [9.17, 15) is 4.79 Å². The number of nitrogens with one attached hydrogen (secondary N) is 1. The Morgan fingerprint density at radius 1 is 1.07 bits per heavy atom. The molecule has 2 fully saturated rings. The third-order valence-corrected chi connectivity index (χ3v) is 6.15. The van der Waals surface area contributed by atoms with E-state index in [2.05, 4.69) is 15.3 Å². The Morgan fingerprint density at radius 2 is 1.83 bits per heavy atom. The highest BCUT2D eigenvalue weighted by Crippen LogP contribution is 2.34. The maximum Gasteiger partial charge on any atom is 0.228 e. The minimum Gasteiger partial charge on any atom is -0.334 e. The normalized spacial score (nSPS) is 19.7. The molecule has 0 aromatic carbocycles. The molecule has 3 heterocycles. The average molecular weight is 394 g/mol. The maximum absolute atomic E-state index is 12.9. The van der Waals surface area contributed by atoms with Crippen LogP contribution in [0.15, 0.2) is 24.3 Å². The van der Waals surface area contributed by atoms with Gasteiger partial charge in [0.1, 0.15) is 5.82 Å². The number of carbonyl (C=O) groups is 1. The molecule has 2 aliphatic rings. The second-order valence-electron chi connectivity index (χ2n) is 8.48. The number of hydrogen-bond acceptors (Lipinski definition) is 5. The molecule has 4 rings (SSSR count). The summed E-state index contributed by atoms with van der Waals surface area (Å²) in [5.41, 5.74) is 2.79. The second-order valence-corrected chi connectivity index (χ2v) is 8.48. The first-order chi connectivity index (χ1) is 14.1. The number of carbonyl (C=O) groups excluding carboxylic acids is 1. The van der Waals surface area contributed by atoms with Gasteiger partial charge in [-0.05, 0) is 57.2 Å². The zero-order valence-corrected chi connectivity index (χ0v) is 17.5. The van der Waals surface area contributed by atoms with Gasteiger partial charge in [0, 0.05) is 24.4 Å². The van der Waals surface area contributed by atoms with Crippen molar-refractivity contribution >= 4 is 17.7 Å². The lowest BCUT2D eigenvalue weighted by Gasteiger charge is -2.25. The molecule has 1 atom stereocenters. The molecule has 29 heavy (non-hydrogen) atoms. The van der Waals surface area contributed by atoms with Crippen LogP contribution in [0, 0.1) is 19.8 Å². The standard InChI is InChI=1S/C23H31N5O/c1-16-15-17(2)25-23(24-16)27-21-11-5-9-19(26-21)20-10-6-14-28(20)22(29)13-12-18-7-3-4-8-18/h5,9,11,15,18,20H,3-4,6-8,10,12-14H2,1-2H3,(H,24,25,26,27)/t20-/m0/s1. The zero-order valence-electron chi connectivity index (χ0n) is 17.5. The Kier molecular flexibility index (Phi) is 6.07. The van der Waals surface area contributed by atoms with Gasteiger partial charge >= 0.3 is 0 Å². The Hall–Kier alpha value is -2.50. The topological polar surface area (TPSA) is 71.0 Å². The van der Waals surface area contributed by atoms with Crippen molar-refractivity contribution < 1.29 is 4.79 Å². The monoisotopic (exact) mass is 393 g/mol. The van der Waals surface area contributed by atoms with Crippen molar-refractivity contribution in [2.75, 3.05) is 11.9 Å². The molecule has 0 radical (unpaired) electrons. The molecule has 1 amide bonds. The highest BCUT2D eigenvalue weighted by Gasteiger charge is 2.31. The Balaban J connectivity index is 1.44. The Morgan fingerprint density at radius 3 is 2.59 bits per heavy atom. The maximum atomic E-state index is 12.9. The number of anilines is 2. The van der Waals surface area contributed by atoms with E-state index in [1.54, 1.807) is 0 Å².